The van der Waals surface area contributed by atoms with Gasteiger partial charge in [-0.3, -0.25) is 4.72 Å². The molecule has 0 saturated carbocycles. The summed E-state index contributed by atoms with van der Waals surface area (Å²) in [6.45, 7) is 5.81. The second-order valence-electron chi connectivity index (χ2n) is 5.70. The molecule has 22 heavy (non-hydrogen) atoms. The average molecular weight is 344 g/mol. The van der Waals surface area contributed by atoms with E-state index in [1.807, 2.05) is 20.8 Å². The first-order valence-corrected chi connectivity index (χ1v) is 8.27. The molecular weight excluding hydrogens is 329 g/mol. The number of benzene rings is 1. The number of hydrogen-bond donors (Lipinski definition) is 1. The van der Waals surface area contributed by atoms with E-state index in [0.29, 0.717) is 5.82 Å². The van der Waals surface area contributed by atoms with E-state index < -0.39 is 20.7 Å². The molecule has 1 N–H and O–H groups in total. The van der Waals surface area contributed by atoms with Gasteiger partial charge in [0.15, 0.2) is 5.82 Å². The quantitative estimate of drug-likeness (QED) is 0.927. The summed E-state index contributed by atoms with van der Waals surface area (Å²) in [6.07, 6.45) is 2.68. The second-order valence-corrected chi connectivity index (χ2v) is 7.76. The number of sulfonamides is 1. The van der Waals surface area contributed by atoms with Crippen LogP contribution in [0.25, 0.3) is 0 Å². The Bertz CT molecular complexity index is 787. The van der Waals surface area contributed by atoms with Gasteiger partial charge in [-0.25, -0.2) is 22.8 Å². The van der Waals surface area contributed by atoms with Crippen LogP contribution in [-0.4, -0.2) is 18.4 Å². The molecule has 0 aliphatic carbocycles. The lowest BCUT2D eigenvalue weighted by Crippen LogP contribution is -2.18. The van der Waals surface area contributed by atoms with Crippen molar-refractivity contribution in [1.82, 2.24) is 9.97 Å². The van der Waals surface area contributed by atoms with Crippen LogP contribution in [-0.2, 0) is 15.4 Å². The first kappa shape index (κ1) is 16.6. The molecule has 0 atom stereocenters. The molecule has 118 valence electrons. The van der Waals surface area contributed by atoms with E-state index in [-0.39, 0.29) is 16.1 Å². The highest BCUT2D eigenvalue weighted by atomic mass is 35.5. The lowest BCUT2D eigenvalue weighted by atomic mass is 9.96. The highest BCUT2D eigenvalue weighted by molar-refractivity contribution is 7.92. The molecule has 8 heteroatoms. The van der Waals surface area contributed by atoms with Gasteiger partial charge in [0, 0.05) is 5.41 Å². The largest absolute Gasteiger partial charge is 0.276 e. The van der Waals surface area contributed by atoms with Crippen molar-refractivity contribution in [3.8, 4) is 0 Å². The molecule has 0 spiro atoms. The lowest BCUT2D eigenvalue weighted by molar-refractivity contribution is 0.545. The Hall–Kier alpha value is -1.73. The molecule has 0 aliphatic rings. The van der Waals surface area contributed by atoms with Crippen LogP contribution in [0.2, 0.25) is 5.02 Å². The van der Waals surface area contributed by atoms with E-state index in [2.05, 4.69) is 14.7 Å². The van der Waals surface area contributed by atoms with E-state index in [0.717, 1.165) is 6.07 Å². The predicted octanol–water partition coefficient (Wildman–Crippen LogP) is 3.37. The van der Waals surface area contributed by atoms with Crippen LogP contribution in [0, 0.1) is 5.82 Å². The summed E-state index contributed by atoms with van der Waals surface area (Å²) >= 11 is 5.60. The second kappa shape index (κ2) is 5.81. The Labute approximate surface area is 133 Å². The third-order valence-electron chi connectivity index (χ3n) is 2.78. The summed E-state index contributed by atoms with van der Waals surface area (Å²) in [6, 6.07) is 3.77. The molecule has 0 saturated heterocycles. The summed E-state index contributed by atoms with van der Waals surface area (Å²) < 4.78 is 40.5. The molecule has 0 amide bonds. The van der Waals surface area contributed by atoms with E-state index in [1.54, 1.807) is 0 Å². The van der Waals surface area contributed by atoms with Crippen molar-refractivity contribution < 1.29 is 12.8 Å². The fraction of sp³-hybridized carbons (Fsp3) is 0.286. The van der Waals surface area contributed by atoms with Crippen LogP contribution in [0.3, 0.4) is 0 Å². The summed E-state index contributed by atoms with van der Waals surface area (Å²) in [4.78, 5) is 7.69. The van der Waals surface area contributed by atoms with Crippen LogP contribution in [0.15, 0.2) is 35.5 Å². The van der Waals surface area contributed by atoms with Crippen molar-refractivity contribution >= 4 is 27.3 Å². The third-order valence-corrected chi connectivity index (χ3v) is 4.47. The maximum absolute atomic E-state index is 13.8. The standard InChI is InChI=1S/C14H15ClFN3O2S/c1-14(2,3)13-17-7-9(8-18-13)19-22(20,21)11-6-4-5-10(15)12(11)16/h4-8,19H,1-3H3. The fourth-order valence-corrected chi connectivity index (χ4v) is 3.03. The van der Waals surface area contributed by atoms with Crippen molar-refractivity contribution in [3.05, 3.63) is 47.3 Å². The summed E-state index contributed by atoms with van der Waals surface area (Å²) in [5.74, 6) is -0.423. The van der Waals surface area contributed by atoms with Gasteiger partial charge >= 0.3 is 0 Å². The minimum absolute atomic E-state index is 0.146. The number of nitrogens with zero attached hydrogens (tertiary/aromatic N) is 2. The van der Waals surface area contributed by atoms with Crippen molar-refractivity contribution in [2.24, 2.45) is 0 Å². The van der Waals surface area contributed by atoms with E-state index in [1.165, 1.54) is 24.5 Å². The van der Waals surface area contributed by atoms with Gasteiger partial charge in [0.1, 0.15) is 10.7 Å². The highest BCUT2D eigenvalue weighted by Crippen LogP contribution is 2.24. The normalized spacial score (nSPS) is 12.2. The smallest absolute Gasteiger partial charge is 0.264 e. The number of rotatable bonds is 3. The summed E-state index contributed by atoms with van der Waals surface area (Å²) in [7, 11) is -4.10. The molecule has 0 unspecified atom stereocenters. The topological polar surface area (TPSA) is 72.0 Å². The van der Waals surface area contributed by atoms with Gasteiger partial charge in [-0.15, -0.1) is 0 Å². The number of halogens is 2. The minimum atomic E-state index is -4.10. The van der Waals surface area contributed by atoms with E-state index in [4.69, 9.17) is 11.6 Å². The van der Waals surface area contributed by atoms with Crippen LogP contribution in [0.5, 0.6) is 0 Å². The molecule has 5 nitrogen and oxygen atoms in total. The van der Waals surface area contributed by atoms with Gasteiger partial charge in [-0.05, 0) is 12.1 Å². The summed E-state index contributed by atoms with van der Waals surface area (Å²) in [5.41, 5.74) is -0.108. The molecule has 0 bridgehead atoms. The minimum Gasteiger partial charge on any atom is -0.276 e. The molecule has 1 aromatic carbocycles. The number of aromatic nitrogens is 2. The number of anilines is 1. The van der Waals surface area contributed by atoms with Gasteiger partial charge < -0.3 is 0 Å². The Kier molecular flexibility index (Phi) is 4.39. The zero-order valence-electron chi connectivity index (χ0n) is 12.3. The van der Waals surface area contributed by atoms with E-state index in [9.17, 15) is 12.8 Å². The van der Waals surface area contributed by atoms with Crippen LogP contribution in [0.1, 0.15) is 26.6 Å². The zero-order chi connectivity index (χ0) is 16.5. The Balaban J connectivity index is 2.31. The average Bonchev–Trinajstić information content (AvgIpc) is 2.40. The molecule has 1 heterocycles. The van der Waals surface area contributed by atoms with Gasteiger partial charge in [-0.1, -0.05) is 38.4 Å². The Morgan fingerprint density at radius 2 is 1.77 bits per heavy atom. The SMILES string of the molecule is CC(C)(C)c1ncc(NS(=O)(=O)c2cccc(Cl)c2F)cn1. The number of nitrogens with one attached hydrogen (secondary N) is 1. The van der Waals surface area contributed by atoms with Crippen LogP contribution < -0.4 is 4.72 Å². The van der Waals surface area contributed by atoms with E-state index >= 15 is 0 Å². The van der Waals surface area contributed by atoms with Gasteiger partial charge in [0.25, 0.3) is 10.0 Å². The Morgan fingerprint density at radius 1 is 1.18 bits per heavy atom. The van der Waals surface area contributed by atoms with Crippen molar-refractivity contribution in [1.29, 1.82) is 0 Å². The molecule has 2 aromatic rings. The molecular formula is C14H15ClFN3O2S. The monoisotopic (exact) mass is 343 g/mol. The molecule has 0 aliphatic heterocycles. The lowest BCUT2D eigenvalue weighted by Gasteiger charge is -2.16. The van der Waals surface area contributed by atoms with Crippen LogP contribution >= 0.6 is 11.6 Å². The maximum atomic E-state index is 13.8. The van der Waals surface area contributed by atoms with Gasteiger partial charge in [0.05, 0.1) is 23.1 Å². The van der Waals surface area contributed by atoms with Crippen molar-refractivity contribution in [2.75, 3.05) is 4.72 Å². The first-order chi connectivity index (χ1) is 10.1. The highest BCUT2D eigenvalue weighted by Gasteiger charge is 2.22. The molecule has 0 fully saturated rings. The van der Waals surface area contributed by atoms with Crippen molar-refractivity contribution in [3.63, 3.8) is 0 Å². The number of hydrogen-bond acceptors (Lipinski definition) is 4. The predicted molar refractivity (Wildman–Crippen MR) is 83.0 cm³/mol. The molecule has 2 rings (SSSR count). The maximum Gasteiger partial charge on any atom is 0.264 e. The molecule has 0 radical (unpaired) electrons. The fourth-order valence-electron chi connectivity index (χ4n) is 1.67. The Morgan fingerprint density at radius 3 is 2.32 bits per heavy atom. The molecule has 1 aromatic heterocycles. The zero-order valence-corrected chi connectivity index (χ0v) is 13.8. The third kappa shape index (κ3) is 3.53. The van der Waals surface area contributed by atoms with Crippen LogP contribution in [0.4, 0.5) is 10.1 Å². The van der Waals surface area contributed by atoms with Crippen molar-refractivity contribution in [2.45, 2.75) is 31.1 Å². The van der Waals surface area contributed by atoms with Gasteiger partial charge in [0.2, 0.25) is 0 Å². The van der Waals surface area contributed by atoms with Gasteiger partial charge in [-0.2, -0.15) is 0 Å². The summed E-state index contributed by atoms with van der Waals surface area (Å²) in [5, 5.41) is -0.262. The first-order valence-electron chi connectivity index (χ1n) is 6.40.